The first kappa shape index (κ1) is 13.1. The highest BCUT2D eigenvalue weighted by Gasteiger charge is 2.06. The van der Waals surface area contributed by atoms with Gasteiger partial charge in [0, 0.05) is 0 Å². The van der Waals surface area contributed by atoms with Gasteiger partial charge in [0.25, 0.3) is 0 Å². The standard InChI is InChI=1S/C20H12N2O2/c1-5-15-7-11-19(23-15)20-12-8-16(24-20)6-2-14-4-10-18(22-14)17-9-3-13(1)21-17/h1-12H. The molecule has 5 heterocycles. The van der Waals surface area contributed by atoms with Gasteiger partial charge in [0.05, 0.1) is 22.8 Å². The molecule has 8 bridgehead atoms. The van der Waals surface area contributed by atoms with E-state index < -0.39 is 0 Å². The second kappa shape index (κ2) is 5.06. The Morgan fingerprint density at radius 2 is 0.958 bits per heavy atom. The van der Waals surface area contributed by atoms with Gasteiger partial charge in [0.1, 0.15) is 11.2 Å². The smallest absolute Gasteiger partial charge is 0.170 e. The molecule has 0 aromatic carbocycles. The van der Waals surface area contributed by atoms with Gasteiger partial charge in [-0.2, -0.15) is 0 Å². The molecular formula is C20H12N2O2. The molecule has 2 aliphatic rings. The van der Waals surface area contributed by atoms with Crippen LogP contribution in [0.4, 0.5) is 0 Å². The monoisotopic (exact) mass is 312 g/mol. The second-order valence-electron chi connectivity index (χ2n) is 5.58. The first-order valence-electron chi connectivity index (χ1n) is 7.68. The average molecular weight is 312 g/mol. The van der Waals surface area contributed by atoms with Gasteiger partial charge in [-0.25, -0.2) is 9.97 Å². The van der Waals surface area contributed by atoms with Gasteiger partial charge in [-0.1, -0.05) is 0 Å². The molecule has 114 valence electrons. The lowest BCUT2D eigenvalue weighted by Gasteiger charge is -1.86. The fourth-order valence-corrected chi connectivity index (χ4v) is 2.71. The third kappa shape index (κ3) is 2.25. The SMILES string of the molecule is C1=Cc2nc1ccc1ccc(o1)c1ccc(ccc3nc2C=C3)o1. The van der Waals surface area contributed by atoms with Crippen LogP contribution in [0.5, 0.6) is 0 Å². The third-order valence-electron chi connectivity index (χ3n) is 3.92. The minimum absolute atomic E-state index is 0.700. The van der Waals surface area contributed by atoms with Gasteiger partial charge >= 0.3 is 0 Å². The van der Waals surface area contributed by atoms with Crippen LogP contribution < -0.4 is 0 Å². The molecule has 0 N–H and O–H groups in total. The molecule has 0 saturated heterocycles. The lowest BCUT2D eigenvalue weighted by molar-refractivity contribution is 0.629. The van der Waals surface area contributed by atoms with Gasteiger partial charge in [-0.3, -0.25) is 0 Å². The van der Waals surface area contributed by atoms with E-state index in [1.807, 2.05) is 72.8 Å². The minimum atomic E-state index is 0.700. The van der Waals surface area contributed by atoms with E-state index in [0.717, 1.165) is 33.9 Å². The molecule has 5 rings (SSSR count). The van der Waals surface area contributed by atoms with Crippen molar-refractivity contribution in [2.75, 3.05) is 0 Å². The summed E-state index contributed by atoms with van der Waals surface area (Å²) in [5.41, 5.74) is 6.37. The summed E-state index contributed by atoms with van der Waals surface area (Å²) in [6.45, 7) is 0. The molecular weight excluding hydrogens is 300 g/mol. The molecule has 0 atom stereocenters. The van der Waals surface area contributed by atoms with E-state index in [9.17, 15) is 0 Å². The fraction of sp³-hybridized carbons (Fsp3) is 0. The maximum Gasteiger partial charge on any atom is 0.170 e. The van der Waals surface area contributed by atoms with Crippen molar-refractivity contribution in [1.82, 2.24) is 9.97 Å². The van der Waals surface area contributed by atoms with Crippen LogP contribution in [0.1, 0.15) is 22.8 Å². The van der Waals surface area contributed by atoms with Crippen molar-refractivity contribution in [2.45, 2.75) is 0 Å². The summed E-state index contributed by atoms with van der Waals surface area (Å²) in [5.74, 6) is 0. The van der Waals surface area contributed by atoms with Crippen LogP contribution in [0.3, 0.4) is 0 Å². The second-order valence-corrected chi connectivity index (χ2v) is 5.58. The molecule has 0 aliphatic carbocycles. The summed E-state index contributed by atoms with van der Waals surface area (Å²) in [6.07, 6.45) is 7.88. The van der Waals surface area contributed by atoms with Crippen molar-refractivity contribution < 1.29 is 8.83 Å². The Morgan fingerprint density at radius 3 is 1.46 bits per heavy atom. The number of aromatic nitrogens is 2. The highest BCUT2D eigenvalue weighted by molar-refractivity contribution is 5.80. The van der Waals surface area contributed by atoms with Gasteiger partial charge in [-0.15, -0.1) is 0 Å². The summed E-state index contributed by atoms with van der Waals surface area (Å²) < 4.78 is 11.6. The summed E-state index contributed by atoms with van der Waals surface area (Å²) in [4.78, 5) is 9.18. The molecule has 3 aromatic heterocycles. The fourth-order valence-electron chi connectivity index (χ4n) is 2.71. The van der Waals surface area contributed by atoms with Gasteiger partial charge < -0.3 is 8.83 Å². The number of rotatable bonds is 0. The first-order chi connectivity index (χ1) is 11.8. The van der Waals surface area contributed by atoms with Crippen molar-refractivity contribution in [2.24, 2.45) is 0 Å². The predicted octanol–water partition coefficient (Wildman–Crippen LogP) is 5.19. The summed E-state index contributed by atoms with van der Waals surface area (Å²) >= 11 is 0. The van der Waals surface area contributed by atoms with E-state index >= 15 is 0 Å². The van der Waals surface area contributed by atoms with Gasteiger partial charge in [0.2, 0.25) is 0 Å². The molecule has 4 nitrogen and oxygen atoms in total. The molecule has 0 unspecified atom stereocenters. The van der Waals surface area contributed by atoms with Gasteiger partial charge in [-0.05, 0) is 72.8 Å². The van der Waals surface area contributed by atoms with E-state index in [4.69, 9.17) is 8.83 Å². The number of furan rings is 2. The van der Waals surface area contributed by atoms with E-state index in [1.54, 1.807) is 0 Å². The van der Waals surface area contributed by atoms with Gasteiger partial charge in [0.15, 0.2) is 11.2 Å². The Kier molecular flexibility index (Phi) is 2.76. The van der Waals surface area contributed by atoms with E-state index in [-0.39, 0.29) is 0 Å². The highest BCUT2D eigenvalue weighted by atomic mass is 16.4. The lowest BCUT2D eigenvalue weighted by Crippen LogP contribution is -1.81. The van der Waals surface area contributed by atoms with Crippen LogP contribution in [-0.2, 0) is 0 Å². The molecule has 4 heteroatoms. The maximum atomic E-state index is 5.81. The largest absolute Gasteiger partial charge is 0.453 e. The molecule has 0 radical (unpaired) electrons. The zero-order valence-corrected chi connectivity index (χ0v) is 12.6. The minimum Gasteiger partial charge on any atom is -0.453 e. The predicted molar refractivity (Wildman–Crippen MR) is 94.7 cm³/mol. The van der Waals surface area contributed by atoms with Crippen LogP contribution in [-0.4, -0.2) is 9.97 Å². The van der Waals surface area contributed by atoms with Crippen molar-refractivity contribution in [1.29, 1.82) is 0 Å². The molecule has 0 amide bonds. The average Bonchev–Trinajstić information content (AvgIpc) is 3.37. The Bertz CT molecular complexity index is 1070. The first-order valence-corrected chi connectivity index (χ1v) is 7.68. The molecule has 2 aliphatic heterocycles. The lowest BCUT2D eigenvalue weighted by atomic mass is 10.3. The van der Waals surface area contributed by atoms with Crippen molar-refractivity contribution >= 4 is 46.6 Å². The quantitative estimate of drug-likeness (QED) is 0.395. The van der Waals surface area contributed by atoms with E-state index in [2.05, 4.69) is 9.97 Å². The van der Waals surface area contributed by atoms with Crippen LogP contribution >= 0.6 is 0 Å². The summed E-state index contributed by atoms with van der Waals surface area (Å²) in [7, 11) is 0. The number of hydrogen-bond acceptors (Lipinski definition) is 4. The zero-order valence-electron chi connectivity index (χ0n) is 12.6. The van der Waals surface area contributed by atoms with E-state index in [1.165, 1.54) is 0 Å². The Morgan fingerprint density at radius 1 is 0.500 bits per heavy atom. The molecule has 24 heavy (non-hydrogen) atoms. The molecule has 0 fully saturated rings. The van der Waals surface area contributed by atoms with Crippen molar-refractivity contribution in [3.63, 3.8) is 0 Å². The normalized spacial score (nSPS) is 12.7. The van der Waals surface area contributed by atoms with Crippen LogP contribution in [0.2, 0.25) is 0 Å². The van der Waals surface area contributed by atoms with E-state index in [0.29, 0.717) is 11.2 Å². The number of nitrogens with zero attached hydrogens (tertiary/aromatic N) is 2. The summed E-state index contributed by atoms with van der Waals surface area (Å²) in [5, 5.41) is 0. The molecule has 0 saturated carbocycles. The molecule has 0 spiro atoms. The van der Waals surface area contributed by atoms with Crippen LogP contribution in [0, 0.1) is 0 Å². The van der Waals surface area contributed by atoms with Crippen molar-refractivity contribution in [3.05, 3.63) is 71.3 Å². The number of fused-ring (bicyclic) bond motifs is 10. The number of hydrogen-bond donors (Lipinski definition) is 0. The Hall–Kier alpha value is -3.40. The van der Waals surface area contributed by atoms with Crippen LogP contribution in [0.25, 0.3) is 46.6 Å². The summed E-state index contributed by atoms with van der Waals surface area (Å²) in [6, 6.07) is 15.3. The third-order valence-corrected chi connectivity index (χ3v) is 3.92. The Balaban J connectivity index is 1.85. The zero-order chi connectivity index (χ0) is 15.9. The topological polar surface area (TPSA) is 52.1 Å². The molecule has 3 aromatic rings. The van der Waals surface area contributed by atoms with Crippen molar-refractivity contribution in [3.8, 4) is 0 Å². The van der Waals surface area contributed by atoms with Crippen LogP contribution in [0.15, 0.2) is 57.4 Å². The highest BCUT2D eigenvalue weighted by Crippen LogP contribution is 2.21. The maximum absolute atomic E-state index is 5.81. The Labute approximate surface area is 137 Å².